The van der Waals surface area contributed by atoms with Crippen LogP contribution in [0.25, 0.3) is 0 Å². The standard InChI is InChI=1S/C20H29N3.HI/c1-21-20(22-13-19(16-7-8-16)17-9-10-17)23-12-11-18(14-23)15-5-3-2-4-6-15;/h2-6,16-19H,7-14H2,1H3,(H,21,22);1H. The lowest BCUT2D eigenvalue weighted by Gasteiger charge is -2.24. The van der Waals surface area contributed by atoms with Crippen molar-refractivity contribution in [3.63, 3.8) is 0 Å². The number of nitrogens with zero attached hydrogens (tertiary/aromatic N) is 2. The summed E-state index contributed by atoms with van der Waals surface area (Å²) in [6.07, 6.45) is 7.07. The van der Waals surface area contributed by atoms with E-state index in [1.165, 1.54) is 37.7 Å². The second-order valence-electron chi connectivity index (χ2n) is 7.61. The largest absolute Gasteiger partial charge is 0.356 e. The van der Waals surface area contributed by atoms with Gasteiger partial charge in [0, 0.05) is 32.6 Å². The lowest BCUT2D eigenvalue weighted by Crippen LogP contribution is -2.42. The van der Waals surface area contributed by atoms with Crippen LogP contribution >= 0.6 is 24.0 Å². The molecule has 1 aromatic rings. The van der Waals surface area contributed by atoms with Crippen LogP contribution in [0.3, 0.4) is 0 Å². The van der Waals surface area contributed by atoms with Crippen LogP contribution in [0, 0.1) is 17.8 Å². The molecule has 24 heavy (non-hydrogen) atoms. The molecule has 1 aromatic carbocycles. The van der Waals surface area contributed by atoms with E-state index in [4.69, 9.17) is 0 Å². The molecule has 1 atom stereocenters. The van der Waals surface area contributed by atoms with Gasteiger partial charge >= 0.3 is 0 Å². The van der Waals surface area contributed by atoms with Crippen molar-refractivity contribution in [2.45, 2.75) is 38.0 Å². The van der Waals surface area contributed by atoms with E-state index in [0.717, 1.165) is 43.3 Å². The third-order valence-electron chi connectivity index (χ3n) is 5.92. The Morgan fingerprint density at radius 3 is 2.38 bits per heavy atom. The first-order valence-corrected chi connectivity index (χ1v) is 9.35. The molecule has 3 fully saturated rings. The Balaban J connectivity index is 0.00000169. The van der Waals surface area contributed by atoms with Gasteiger partial charge in [0.25, 0.3) is 0 Å². The van der Waals surface area contributed by atoms with Gasteiger partial charge in [-0.3, -0.25) is 4.99 Å². The van der Waals surface area contributed by atoms with E-state index in [-0.39, 0.29) is 24.0 Å². The molecule has 0 radical (unpaired) electrons. The zero-order chi connectivity index (χ0) is 15.6. The predicted octanol–water partition coefficient (Wildman–Crippen LogP) is 4.11. The lowest BCUT2D eigenvalue weighted by molar-refractivity contribution is 0.388. The summed E-state index contributed by atoms with van der Waals surface area (Å²) in [5.74, 6) is 4.68. The number of guanidine groups is 1. The van der Waals surface area contributed by atoms with Gasteiger partial charge in [-0.2, -0.15) is 0 Å². The number of aliphatic imine (C=N–C) groups is 1. The third-order valence-corrected chi connectivity index (χ3v) is 5.92. The molecular formula is C20H30IN3. The molecule has 132 valence electrons. The summed E-state index contributed by atoms with van der Waals surface area (Å²) in [4.78, 5) is 7.01. The van der Waals surface area contributed by atoms with Gasteiger partial charge in [0.05, 0.1) is 0 Å². The molecule has 0 spiro atoms. The molecule has 1 aliphatic heterocycles. The molecule has 3 nitrogen and oxygen atoms in total. The molecule has 1 unspecified atom stereocenters. The van der Waals surface area contributed by atoms with Gasteiger partial charge in [0.1, 0.15) is 0 Å². The maximum atomic E-state index is 4.56. The van der Waals surface area contributed by atoms with Gasteiger partial charge in [-0.15, -0.1) is 24.0 Å². The molecule has 1 N–H and O–H groups in total. The molecule has 0 amide bonds. The summed E-state index contributed by atoms with van der Waals surface area (Å²) < 4.78 is 0. The van der Waals surface area contributed by atoms with Crippen LogP contribution in [0.2, 0.25) is 0 Å². The zero-order valence-corrected chi connectivity index (χ0v) is 17.0. The Labute approximate surface area is 163 Å². The van der Waals surface area contributed by atoms with Crippen LogP contribution in [-0.4, -0.2) is 37.5 Å². The van der Waals surface area contributed by atoms with Crippen molar-refractivity contribution < 1.29 is 0 Å². The minimum atomic E-state index is 0. The molecule has 2 saturated carbocycles. The van der Waals surface area contributed by atoms with Crippen LogP contribution in [-0.2, 0) is 0 Å². The SMILES string of the molecule is CN=C(NCC(C1CC1)C1CC1)N1CCC(c2ccccc2)C1.I. The summed E-state index contributed by atoms with van der Waals surface area (Å²) in [7, 11) is 1.93. The number of likely N-dealkylation sites (tertiary alicyclic amines) is 1. The molecule has 1 saturated heterocycles. The summed E-state index contributed by atoms with van der Waals surface area (Å²) in [6, 6.07) is 10.9. The molecule has 4 heteroatoms. The fourth-order valence-electron chi connectivity index (χ4n) is 4.26. The van der Waals surface area contributed by atoms with E-state index >= 15 is 0 Å². The number of halogens is 1. The van der Waals surface area contributed by atoms with Crippen molar-refractivity contribution in [1.29, 1.82) is 0 Å². The van der Waals surface area contributed by atoms with E-state index in [9.17, 15) is 0 Å². The van der Waals surface area contributed by atoms with E-state index < -0.39 is 0 Å². The minimum absolute atomic E-state index is 0. The molecule has 0 bridgehead atoms. The predicted molar refractivity (Wildman–Crippen MR) is 111 cm³/mol. The van der Waals surface area contributed by atoms with Crippen molar-refractivity contribution >= 4 is 29.9 Å². The van der Waals surface area contributed by atoms with Crippen molar-refractivity contribution in [1.82, 2.24) is 10.2 Å². The highest BCUT2D eigenvalue weighted by atomic mass is 127. The monoisotopic (exact) mass is 439 g/mol. The Bertz CT molecular complexity index is 539. The number of rotatable bonds is 5. The Kier molecular flexibility index (Phi) is 6.06. The Morgan fingerprint density at radius 1 is 1.12 bits per heavy atom. The van der Waals surface area contributed by atoms with Crippen LogP contribution in [0.5, 0.6) is 0 Å². The van der Waals surface area contributed by atoms with Gasteiger partial charge in [-0.05, 0) is 55.4 Å². The highest BCUT2D eigenvalue weighted by Gasteiger charge is 2.41. The summed E-state index contributed by atoms with van der Waals surface area (Å²) >= 11 is 0. The smallest absolute Gasteiger partial charge is 0.193 e. The van der Waals surface area contributed by atoms with Crippen LogP contribution in [0.4, 0.5) is 0 Å². The normalized spacial score (nSPS) is 24.2. The molecular weight excluding hydrogens is 409 g/mol. The van der Waals surface area contributed by atoms with Gasteiger partial charge in [0.2, 0.25) is 0 Å². The van der Waals surface area contributed by atoms with Gasteiger partial charge in [0.15, 0.2) is 5.96 Å². The number of nitrogens with one attached hydrogen (secondary N) is 1. The van der Waals surface area contributed by atoms with E-state index in [1.807, 2.05) is 7.05 Å². The summed E-state index contributed by atoms with van der Waals surface area (Å²) in [5.41, 5.74) is 1.47. The first-order valence-electron chi connectivity index (χ1n) is 9.35. The van der Waals surface area contributed by atoms with Gasteiger partial charge < -0.3 is 10.2 Å². The van der Waals surface area contributed by atoms with Crippen molar-refractivity contribution in [3.8, 4) is 0 Å². The molecule has 1 heterocycles. The Morgan fingerprint density at radius 2 is 1.79 bits per heavy atom. The fraction of sp³-hybridized carbons (Fsp3) is 0.650. The van der Waals surface area contributed by atoms with E-state index in [2.05, 4.69) is 45.5 Å². The first-order chi connectivity index (χ1) is 11.3. The lowest BCUT2D eigenvalue weighted by atomic mass is 9.98. The molecule has 0 aromatic heterocycles. The summed E-state index contributed by atoms with van der Waals surface area (Å²) in [6.45, 7) is 3.35. The highest BCUT2D eigenvalue weighted by Crippen LogP contribution is 2.48. The van der Waals surface area contributed by atoms with Crippen molar-refractivity contribution in [2.75, 3.05) is 26.7 Å². The number of hydrogen-bond donors (Lipinski definition) is 1. The summed E-state index contributed by atoms with van der Waals surface area (Å²) in [5, 5.41) is 3.70. The number of hydrogen-bond acceptors (Lipinski definition) is 1. The average molecular weight is 439 g/mol. The fourth-order valence-corrected chi connectivity index (χ4v) is 4.26. The maximum Gasteiger partial charge on any atom is 0.193 e. The van der Waals surface area contributed by atoms with E-state index in [1.54, 1.807) is 0 Å². The highest BCUT2D eigenvalue weighted by molar-refractivity contribution is 14.0. The maximum absolute atomic E-state index is 4.56. The van der Waals surface area contributed by atoms with Gasteiger partial charge in [-0.1, -0.05) is 30.3 Å². The van der Waals surface area contributed by atoms with Gasteiger partial charge in [-0.25, -0.2) is 0 Å². The van der Waals surface area contributed by atoms with Crippen molar-refractivity contribution in [2.24, 2.45) is 22.7 Å². The van der Waals surface area contributed by atoms with Crippen LogP contribution in [0.1, 0.15) is 43.6 Å². The minimum Gasteiger partial charge on any atom is -0.356 e. The first kappa shape index (κ1) is 18.0. The topological polar surface area (TPSA) is 27.6 Å². The second-order valence-corrected chi connectivity index (χ2v) is 7.61. The van der Waals surface area contributed by atoms with Crippen molar-refractivity contribution in [3.05, 3.63) is 35.9 Å². The average Bonchev–Trinajstić information content (AvgIpc) is 3.52. The number of benzene rings is 1. The molecule has 3 aliphatic rings. The van der Waals surface area contributed by atoms with E-state index in [0.29, 0.717) is 5.92 Å². The zero-order valence-electron chi connectivity index (χ0n) is 14.7. The van der Waals surface area contributed by atoms with Crippen LogP contribution < -0.4 is 5.32 Å². The third kappa shape index (κ3) is 4.24. The Hall–Kier alpha value is -0.780. The molecule has 4 rings (SSSR count). The van der Waals surface area contributed by atoms with Crippen LogP contribution in [0.15, 0.2) is 35.3 Å². The molecule has 2 aliphatic carbocycles. The quantitative estimate of drug-likeness (QED) is 0.425. The second kappa shape index (κ2) is 8.07.